The quantitative estimate of drug-likeness (QED) is 0.0421. The normalized spacial score (nSPS) is 28.8. The summed E-state index contributed by atoms with van der Waals surface area (Å²) in [6.45, 7) is 10.5. The van der Waals surface area contributed by atoms with E-state index in [2.05, 4.69) is 39.4 Å². The van der Waals surface area contributed by atoms with Crippen LogP contribution in [0.3, 0.4) is 0 Å². The maximum atomic E-state index is 16.0. The number of imidazole rings is 2. The van der Waals surface area contributed by atoms with Gasteiger partial charge in [-0.2, -0.15) is 19.9 Å². The van der Waals surface area contributed by atoms with Gasteiger partial charge in [0.2, 0.25) is 37.2 Å². The van der Waals surface area contributed by atoms with Gasteiger partial charge in [-0.05, 0) is 69.2 Å². The molecule has 9 atom stereocenters. The van der Waals surface area contributed by atoms with E-state index in [1.54, 1.807) is 27.7 Å². The van der Waals surface area contributed by atoms with Crippen molar-refractivity contribution in [2.45, 2.75) is 135 Å². The average molecular weight is 1110 g/mol. The number of ether oxygens (including phenoxy) is 8. The number of anilines is 2. The molecule has 74 heavy (non-hydrogen) atoms. The zero-order valence-electron chi connectivity index (χ0n) is 41.4. The second kappa shape index (κ2) is 22.5. The number of hydrogen-bond acceptors (Lipinski definition) is 27. The molecule has 0 aromatic carbocycles. The topological polar surface area (TPSA) is 357 Å². The van der Waals surface area contributed by atoms with Crippen LogP contribution in [0.5, 0.6) is 11.8 Å². The number of alkyl halides is 4. The van der Waals surface area contributed by atoms with Crippen molar-refractivity contribution in [2.75, 3.05) is 51.5 Å². The highest BCUT2D eigenvalue weighted by Gasteiger charge is 2.71. The third-order valence-electron chi connectivity index (χ3n) is 10.2. The number of aliphatic hydroxyl groups excluding tert-OH is 1. The van der Waals surface area contributed by atoms with Gasteiger partial charge >= 0.3 is 28.0 Å². The maximum Gasteiger partial charge on any atom is 0.510 e. The van der Waals surface area contributed by atoms with E-state index < -0.39 is 121 Å². The van der Waals surface area contributed by atoms with Gasteiger partial charge in [0.1, 0.15) is 13.2 Å². The van der Waals surface area contributed by atoms with Crippen LogP contribution in [0.4, 0.5) is 39.0 Å². The summed E-state index contributed by atoms with van der Waals surface area (Å²) in [5, 5.41) is 10.7. The van der Waals surface area contributed by atoms with Crippen LogP contribution in [0.15, 0.2) is 12.7 Å². The third kappa shape index (κ3) is 12.7. The third-order valence-corrected chi connectivity index (χ3v) is 13.0. The summed E-state index contributed by atoms with van der Waals surface area (Å²) >= 11 is 0. The molecule has 0 saturated carbocycles. The van der Waals surface area contributed by atoms with Crippen LogP contribution in [0.2, 0.25) is 0 Å². The number of halogens is 4. The molecule has 0 spiro atoms. The van der Waals surface area contributed by atoms with Crippen LogP contribution in [-0.4, -0.2) is 150 Å². The van der Waals surface area contributed by atoms with Crippen molar-refractivity contribution in [3.05, 3.63) is 12.7 Å². The Balaban J connectivity index is 0.000000258. The van der Waals surface area contributed by atoms with Crippen LogP contribution < -0.4 is 20.9 Å². The molecule has 0 aliphatic carbocycles. The zero-order valence-corrected chi connectivity index (χ0v) is 43.2. The summed E-state index contributed by atoms with van der Waals surface area (Å²) < 4.78 is 161. The molecule has 29 nitrogen and oxygen atoms in total. The Hall–Kier alpha value is -5.34. The molecule has 414 valence electrons. The molecule has 3 saturated heterocycles. The second-order valence-corrected chi connectivity index (χ2v) is 20.4. The Bertz CT molecular complexity index is 2710. The van der Waals surface area contributed by atoms with Crippen molar-refractivity contribution in [3.63, 3.8) is 0 Å². The van der Waals surface area contributed by atoms with Crippen LogP contribution in [0, 0.1) is 0 Å². The summed E-state index contributed by atoms with van der Waals surface area (Å²) in [6.07, 6.45) is -9.86. The number of nitrogens with zero attached hydrogens (tertiary/aromatic N) is 8. The fourth-order valence-electron chi connectivity index (χ4n) is 7.18. The van der Waals surface area contributed by atoms with E-state index in [4.69, 9.17) is 67.0 Å². The SMILES string of the molecule is CCOc1nc(N)nc2c1ncn2[C@@H]1O[C@](F)(COP(=O)(OCOC(=O)OC(C)C)OCOC(=O)OC(C)C)[C@@H](O)[C@@]1(C)F.CCOc1nc(N)nc2c1ncn2[C@@H]1O[C@]2(F)COP(=O)(OC(C)C)O[C@H]2[C@@]1(C)F. The Morgan fingerprint density at radius 3 is 1.70 bits per heavy atom. The van der Waals surface area contributed by atoms with Crippen molar-refractivity contribution in [1.29, 1.82) is 0 Å². The lowest BCUT2D eigenvalue weighted by atomic mass is 9.97. The van der Waals surface area contributed by atoms with Crippen LogP contribution in [0.1, 0.15) is 81.7 Å². The van der Waals surface area contributed by atoms with Gasteiger partial charge in [0.05, 0.1) is 44.2 Å². The van der Waals surface area contributed by atoms with Gasteiger partial charge in [0.25, 0.3) is 11.7 Å². The van der Waals surface area contributed by atoms with Crippen molar-refractivity contribution in [1.82, 2.24) is 39.0 Å². The highest BCUT2D eigenvalue weighted by molar-refractivity contribution is 7.48. The Morgan fingerprint density at radius 2 is 1.26 bits per heavy atom. The minimum Gasteiger partial charge on any atom is -0.476 e. The number of fused-ring (bicyclic) bond motifs is 3. The minimum absolute atomic E-state index is 0.0306. The first-order chi connectivity index (χ1) is 34.5. The lowest BCUT2D eigenvalue weighted by Crippen LogP contribution is -2.51. The molecule has 35 heteroatoms. The lowest BCUT2D eigenvalue weighted by molar-refractivity contribution is -0.220. The number of hydrogen-bond donors (Lipinski definition) is 3. The minimum atomic E-state index is -5.00. The number of nitrogen functional groups attached to an aromatic ring is 2. The lowest BCUT2D eigenvalue weighted by Gasteiger charge is -2.36. The summed E-state index contributed by atoms with van der Waals surface area (Å²) in [4.78, 5) is 47.4. The number of phosphoric acid groups is 2. The van der Waals surface area contributed by atoms with E-state index in [0.29, 0.717) is 0 Å². The number of carbonyl (C=O) groups is 2. The largest absolute Gasteiger partial charge is 0.510 e. The fourth-order valence-corrected chi connectivity index (χ4v) is 9.74. The molecule has 3 fully saturated rings. The fraction of sp³-hybridized carbons (Fsp3) is 0.692. The first kappa shape index (κ1) is 57.9. The van der Waals surface area contributed by atoms with Crippen LogP contribution in [-0.2, 0) is 64.7 Å². The predicted octanol–water partition coefficient (Wildman–Crippen LogP) is 5.97. The molecule has 4 aromatic heterocycles. The van der Waals surface area contributed by atoms with E-state index >= 15 is 17.6 Å². The van der Waals surface area contributed by atoms with E-state index in [1.165, 1.54) is 34.0 Å². The Kier molecular flexibility index (Phi) is 17.6. The zero-order chi connectivity index (χ0) is 54.8. The molecule has 7 rings (SSSR count). The van der Waals surface area contributed by atoms with E-state index in [9.17, 15) is 23.8 Å². The van der Waals surface area contributed by atoms with Gasteiger partial charge in [-0.25, -0.2) is 55.3 Å². The van der Waals surface area contributed by atoms with Gasteiger partial charge in [-0.15, -0.1) is 0 Å². The molecule has 1 unspecified atom stereocenters. The van der Waals surface area contributed by atoms with Crippen molar-refractivity contribution in [3.8, 4) is 11.8 Å². The Morgan fingerprint density at radius 1 is 0.784 bits per heavy atom. The molecule has 0 amide bonds. The number of aromatic nitrogens is 8. The smallest absolute Gasteiger partial charge is 0.476 e. The summed E-state index contributed by atoms with van der Waals surface area (Å²) in [5.41, 5.74) is 6.27. The van der Waals surface area contributed by atoms with Gasteiger partial charge in [-0.1, -0.05) is 0 Å². The standard InChI is InChI=1S/C23H34F2N5O13P.C16H22F2N5O6P/c1-7-35-16-14-15(28-19(26)29-16)30(9-27-14)18-22(6,24)17(31)23(25,43-18)8-38-44(34,39-10-36-20(32)41-12(2)3)40-11-37-21(33)42-13(4)5;1-5-25-11-9-10(21-14(19)22-11)23(7-20-9)13-15(4,17)12-16(18,27-13)6-26-30(24,29-12)28-8(2)3/h9,12-13,17-18,31H,7-8,10-11H2,1-6H3,(H2,26,28,29);7-8,12-13H,5-6H2,1-4H3,(H2,19,21,22)/t17-,18+,22+,23+;12-,13+,15+,16+,30?/m00/s1. The van der Waals surface area contributed by atoms with E-state index in [0.717, 1.165) is 29.3 Å². The van der Waals surface area contributed by atoms with Crippen LogP contribution in [0.25, 0.3) is 22.3 Å². The van der Waals surface area contributed by atoms with Crippen molar-refractivity contribution < 1.29 is 106 Å². The highest BCUT2D eigenvalue weighted by atomic mass is 31.2. The predicted molar refractivity (Wildman–Crippen MR) is 240 cm³/mol. The van der Waals surface area contributed by atoms with Crippen molar-refractivity contribution >= 4 is 62.2 Å². The summed E-state index contributed by atoms with van der Waals surface area (Å²) in [7, 11) is -9.18. The molecule has 3 aliphatic rings. The molecule has 0 radical (unpaired) electrons. The van der Waals surface area contributed by atoms with Gasteiger partial charge < -0.3 is 54.5 Å². The highest BCUT2D eigenvalue weighted by Crippen LogP contribution is 2.64. The van der Waals surface area contributed by atoms with Gasteiger partial charge in [-0.3, -0.25) is 27.2 Å². The van der Waals surface area contributed by atoms with Crippen LogP contribution >= 0.6 is 15.6 Å². The maximum absolute atomic E-state index is 16.0. The molecule has 5 N–H and O–H groups in total. The monoisotopic (exact) mass is 1110 g/mol. The first-order valence-corrected chi connectivity index (χ1v) is 25.3. The number of carbonyl (C=O) groups excluding carboxylic acids is 2. The molecular weight excluding hydrogens is 1050 g/mol. The van der Waals surface area contributed by atoms with E-state index in [-0.39, 0.29) is 59.2 Å². The first-order valence-electron chi connectivity index (χ1n) is 22.4. The van der Waals surface area contributed by atoms with Gasteiger partial charge in [0, 0.05) is 0 Å². The van der Waals surface area contributed by atoms with Crippen molar-refractivity contribution in [2.24, 2.45) is 0 Å². The number of aliphatic hydroxyl groups is 1. The molecular formula is C39H56F4N10O19P2. The molecule has 4 aromatic rings. The molecule has 0 bridgehead atoms. The summed E-state index contributed by atoms with van der Waals surface area (Å²) in [6, 6.07) is 0. The average Bonchev–Trinajstić information content (AvgIpc) is 4.00. The Labute approximate surface area is 418 Å². The number of rotatable bonds is 19. The summed E-state index contributed by atoms with van der Waals surface area (Å²) in [5.74, 6) is -6.47. The molecule has 7 heterocycles. The number of nitrogens with two attached hydrogens (primary N) is 2. The molecule has 3 aliphatic heterocycles. The van der Waals surface area contributed by atoms with E-state index in [1.807, 2.05) is 0 Å². The number of phosphoric ester groups is 2. The second-order valence-electron chi connectivity index (χ2n) is 17.2. The van der Waals surface area contributed by atoms with Gasteiger partial charge in [0.15, 0.2) is 58.3 Å².